The van der Waals surface area contributed by atoms with Gasteiger partial charge < -0.3 is 10.1 Å². The Hall–Kier alpha value is -2.20. The topological polar surface area (TPSA) is 65.4 Å². The van der Waals surface area contributed by atoms with Crippen LogP contribution in [0, 0.1) is 11.3 Å². The molecule has 0 spiro atoms. The van der Waals surface area contributed by atoms with Crippen molar-refractivity contribution in [3.63, 3.8) is 0 Å². The summed E-state index contributed by atoms with van der Waals surface area (Å²) in [5.74, 6) is -0.118. The molecule has 1 fully saturated rings. The second-order valence-corrected chi connectivity index (χ2v) is 6.40. The van der Waals surface area contributed by atoms with Crippen LogP contribution in [0.15, 0.2) is 41.1 Å². The van der Waals surface area contributed by atoms with Gasteiger partial charge in [-0.05, 0) is 46.7 Å². The van der Waals surface area contributed by atoms with E-state index in [4.69, 9.17) is 10.00 Å². The summed E-state index contributed by atoms with van der Waals surface area (Å²) in [5.41, 5.74) is 2.35. The van der Waals surface area contributed by atoms with Crippen LogP contribution >= 0.6 is 11.3 Å². The van der Waals surface area contributed by atoms with Crippen LogP contribution in [0.4, 0.5) is 0 Å². The van der Waals surface area contributed by atoms with Gasteiger partial charge in [-0.3, -0.25) is 9.69 Å². The van der Waals surface area contributed by atoms with Crippen LogP contribution in [0.2, 0.25) is 0 Å². The lowest BCUT2D eigenvalue weighted by molar-refractivity contribution is 0.0163. The molecule has 24 heavy (non-hydrogen) atoms. The molecule has 1 aromatic carbocycles. The fourth-order valence-corrected chi connectivity index (χ4v) is 3.51. The first-order valence-electron chi connectivity index (χ1n) is 7.90. The normalized spacial score (nSPS) is 16.3. The zero-order chi connectivity index (χ0) is 16.8. The van der Waals surface area contributed by atoms with Crippen LogP contribution in [0.25, 0.3) is 0 Å². The maximum Gasteiger partial charge on any atom is 0.251 e. The van der Waals surface area contributed by atoms with E-state index in [1.807, 2.05) is 0 Å². The number of morpholine rings is 1. The second-order valence-electron chi connectivity index (χ2n) is 5.62. The van der Waals surface area contributed by atoms with E-state index in [-0.39, 0.29) is 11.9 Å². The summed E-state index contributed by atoms with van der Waals surface area (Å²) in [4.78, 5) is 14.7. The predicted molar refractivity (Wildman–Crippen MR) is 92.9 cm³/mol. The Morgan fingerprint density at radius 3 is 2.67 bits per heavy atom. The monoisotopic (exact) mass is 341 g/mol. The lowest BCUT2D eigenvalue weighted by atomic mass is 10.1. The quantitative estimate of drug-likeness (QED) is 0.907. The second kappa shape index (κ2) is 8.06. The van der Waals surface area contributed by atoms with Crippen molar-refractivity contribution in [2.24, 2.45) is 0 Å². The van der Waals surface area contributed by atoms with Gasteiger partial charge in [-0.15, -0.1) is 0 Å². The third-order valence-corrected chi connectivity index (χ3v) is 4.85. The number of rotatable bonds is 5. The molecule has 0 radical (unpaired) electrons. The number of nitriles is 1. The van der Waals surface area contributed by atoms with Gasteiger partial charge in [-0.25, -0.2) is 0 Å². The number of nitrogens with one attached hydrogen (secondary N) is 1. The summed E-state index contributed by atoms with van der Waals surface area (Å²) in [6, 6.07) is 11.0. The molecule has 2 aromatic rings. The molecule has 1 unspecified atom stereocenters. The first kappa shape index (κ1) is 16.7. The Kier molecular flexibility index (Phi) is 5.59. The Balaban J connectivity index is 1.66. The molecule has 3 rings (SSSR count). The Labute approximate surface area is 145 Å². The Morgan fingerprint density at radius 1 is 1.29 bits per heavy atom. The van der Waals surface area contributed by atoms with Crippen LogP contribution < -0.4 is 5.32 Å². The highest BCUT2D eigenvalue weighted by molar-refractivity contribution is 7.07. The largest absolute Gasteiger partial charge is 0.379 e. The van der Waals surface area contributed by atoms with Gasteiger partial charge in [0.25, 0.3) is 5.91 Å². The molecule has 6 heteroatoms. The van der Waals surface area contributed by atoms with E-state index in [0.29, 0.717) is 17.7 Å². The molecule has 0 bridgehead atoms. The molecule has 124 valence electrons. The highest BCUT2D eigenvalue weighted by atomic mass is 32.1. The minimum Gasteiger partial charge on any atom is -0.379 e. The summed E-state index contributed by atoms with van der Waals surface area (Å²) in [7, 11) is 0. The van der Waals surface area contributed by atoms with E-state index in [1.54, 1.807) is 35.6 Å². The van der Waals surface area contributed by atoms with Crippen molar-refractivity contribution in [1.29, 1.82) is 5.26 Å². The van der Waals surface area contributed by atoms with Crippen molar-refractivity contribution in [2.45, 2.75) is 6.04 Å². The smallest absolute Gasteiger partial charge is 0.251 e. The van der Waals surface area contributed by atoms with Gasteiger partial charge in [0.05, 0.1) is 30.9 Å². The summed E-state index contributed by atoms with van der Waals surface area (Å²) in [6.45, 7) is 3.74. The van der Waals surface area contributed by atoms with Crippen LogP contribution in [-0.2, 0) is 4.74 Å². The third kappa shape index (κ3) is 4.01. The highest BCUT2D eigenvalue weighted by Crippen LogP contribution is 2.23. The van der Waals surface area contributed by atoms with Gasteiger partial charge in [-0.1, -0.05) is 0 Å². The van der Waals surface area contributed by atoms with Gasteiger partial charge in [0.2, 0.25) is 0 Å². The summed E-state index contributed by atoms with van der Waals surface area (Å²) < 4.78 is 5.43. The predicted octanol–water partition coefficient (Wildman–Crippen LogP) is 2.42. The first-order valence-corrected chi connectivity index (χ1v) is 8.84. The maximum absolute atomic E-state index is 12.4. The molecule has 2 heterocycles. The SMILES string of the molecule is N#Cc1ccc(C(=O)NCC(c2ccsc2)N2CCOCC2)cc1. The number of nitrogens with zero attached hydrogens (tertiary/aromatic N) is 2. The molecule has 1 amide bonds. The van der Waals surface area contributed by atoms with Crippen molar-refractivity contribution in [2.75, 3.05) is 32.8 Å². The van der Waals surface area contributed by atoms with E-state index in [9.17, 15) is 4.79 Å². The van der Waals surface area contributed by atoms with E-state index < -0.39 is 0 Å². The molecule has 0 saturated carbocycles. The van der Waals surface area contributed by atoms with Crippen molar-refractivity contribution in [1.82, 2.24) is 10.2 Å². The van der Waals surface area contributed by atoms with Crippen LogP contribution in [0.3, 0.4) is 0 Å². The van der Waals surface area contributed by atoms with Gasteiger partial charge in [-0.2, -0.15) is 16.6 Å². The summed E-state index contributed by atoms with van der Waals surface area (Å²) in [6.07, 6.45) is 0. The van der Waals surface area contributed by atoms with Crippen LogP contribution in [0.5, 0.6) is 0 Å². The molecule has 0 aliphatic carbocycles. The van der Waals surface area contributed by atoms with Crippen LogP contribution in [-0.4, -0.2) is 43.7 Å². The zero-order valence-corrected chi connectivity index (χ0v) is 14.1. The third-order valence-electron chi connectivity index (χ3n) is 4.15. The summed E-state index contributed by atoms with van der Waals surface area (Å²) in [5, 5.41) is 16.0. The Bertz CT molecular complexity index is 701. The minimum absolute atomic E-state index is 0.118. The average molecular weight is 341 g/mol. The van der Waals surface area contributed by atoms with Crippen LogP contribution in [0.1, 0.15) is 27.5 Å². The fraction of sp³-hybridized carbons (Fsp3) is 0.333. The maximum atomic E-state index is 12.4. The lowest BCUT2D eigenvalue weighted by Crippen LogP contribution is -2.43. The number of benzene rings is 1. The van der Waals surface area contributed by atoms with Crippen molar-refractivity contribution < 1.29 is 9.53 Å². The highest BCUT2D eigenvalue weighted by Gasteiger charge is 2.23. The zero-order valence-electron chi connectivity index (χ0n) is 13.3. The molecular weight excluding hydrogens is 322 g/mol. The van der Waals surface area contributed by atoms with Gasteiger partial charge >= 0.3 is 0 Å². The molecule has 1 aromatic heterocycles. The van der Waals surface area contributed by atoms with Gasteiger partial charge in [0, 0.05) is 25.2 Å². The van der Waals surface area contributed by atoms with E-state index >= 15 is 0 Å². The van der Waals surface area contributed by atoms with E-state index in [1.165, 1.54) is 5.56 Å². The molecule has 1 aliphatic heterocycles. The molecule has 5 nitrogen and oxygen atoms in total. The van der Waals surface area contributed by atoms with Crippen molar-refractivity contribution in [3.05, 3.63) is 57.8 Å². The number of ether oxygens (including phenoxy) is 1. The van der Waals surface area contributed by atoms with Crippen molar-refractivity contribution >= 4 is 17.2 Å². The minimum atomic E-state index is -0.118. The van der Waals surface area contributed by atoms with E-state index in [0.717, 1.165) is 26.3 Å². The lowest BCUT2D eigenvalue weighted by Gasteiger charge is -2.34. The molecule has 1 atom stereocenters. The number of carbonyl (C=O) groups is 1. The Morgan fingerprint density at radius 2 is 2.04 bits per heavy atom. The van der Waals surface area contributed by atoms with E-state index in [2.05, 4.69) is 33.1 Å². The summed E-state index contributed by atoms with van der Waals surface area (Å²) >= 11 is 1.67. The molecule has 1 N–H and O–H groups in total. The van der Waals surface area contributed by atoms with Crippen molar-refractivity contribution in [3.8, 4) is 6.07 Å². The molecule has 1 saturated heterocycles. The number of carbonyl (C=O) groups excluding carboxylic acids is 1. The number of hydrogen-bond donors (Lipinski definition) is 1. The number of amides is 1. The molecular formula is C18H19N3O2S. The van der Waals surface area contributed by atoms with Gasteiger partial charge in [0.15, 0.2) is 0 Å². The fourth-order valence-electron chi connectivity index (χ4n) is 2.80. The number of thiophene rings is 1. The first-order chi connectivity index (χ1) is 11.8. The van der Waals surface area contributed by atoms with Gasteiger partial charge in [0.1, 0.15) is 0 Å². The number of hydrogen-bond acceptors (Lipinski definition) is 5. The average Bonchev–Trinajstić information content (AvgIpc) is 3.17. The standard InChI is InChI=1S/C18H19N3O2S/c19-11-14-1-3-15(4-2-14)18(22)20-12-17(16-5-10-24-13-16)21-6-8-23-9-7-21/h1-5,10,13,17H,6-9,12H2,(H,20,22). The molecule has 1 aliphatic rings.